The summed E-state index contributed by atoms with van der Waals surface area (Å²) in [7, 11) is 0. The summed E-state index contributed by atoms with van der Waals surface area (Å²) >= 11 is 0. The van der Waals surface area contributed by atoms with Crippen LogP contribution < -0.4 is 5.73 Å². The summed E-state index contributed by atoms with van der Waals surface area (Å²) < 4.78 is 36.0. The van der Waals surface area contributed by atoms with Crippen molar-refractivity contribution in [3.05, 3.63) is 0 Å². The number of nitrogens with two attached hydrogens (primary N) is 1. The van der Waals surface area contributed by atoms with Gasteiger partial charge in [-0.05, 0) is 0 Å². The Hall–Kier alpha value is -1.31. The van der Waals surface area contributed by atoms with E-state index < -0.39 is 12.1 Å². The van der Waals surface area contributed by atoms with E-state index in [0.717, 1.165) is 0 Å². The van der Waals surface area contributed by atoms with Crippen molar-refractivity contribution in [1.29, 1.82) is 0 Å². The molecule has 8 heteroatoms. The highest BCUT2D eigenvalue weighted by molar-refractivity contribution is 5.80. The molecular weight excluding hydrogens is 195 g/mol. The molecule has 1 atom stereocenters. The normalized spacial score (nSPS) is 20.6. The first kappa shape index (κ1) is 11.7. The Bertz CT molecular complexity index is 214. The summed E-state index contributed by atoms with van der Waals surface area (Å²) in [6, 6.07) is -0.329. The van der Waals surface area contributed by atoms with E-state index in [1.54, 1.807) is 0 Å². The van der Waals surface area contributed by atoms with Crippen LogP contribution in [0.5, 0.6) is 0 Å². The van der Waals surface area contributed by atoms with Crippen molar-refractivity contribution in [2.75, 3.05) is 6.61 Å². The highest BCUT2D eigenvalue weighted by Crippen LogP contribution is 2.13. The monoisotopic (exact) mass is 201 g/mol. The zero-order valence-corrected chi connectivity index (χ0v) is 6.17. The number of esters is 1. The number of carbonyl (C=O) groups excluding carboxylic acids is 1. The van der Waals surface area contributed by atoms with Gasteiger partial charge in [0.05, 0.1) is 0 Å². The molecule has 0 saturated carbocycles. The Morgan fingerprint density at radius 3 is 1.92 bits per heavy atom. The molecule has 1 aliphatic heterocycles. The minimum absolute atomic E-state index is 0.282. The highest BCUT2D eigenvalue weighted by Gasteiger charge is 2.38. The molecule has 1 aliphatic rings. The quantitative estimate of drug-likeness (QED) is 0.516. The maximum atomic E-state index is 10.6. The number of ether oxygens (including phenoxy) is 1. The maximum Gasteiger partial charge on any atom is 0.490 e. The minimum atomic E-state index is -5.08. The van der Waals surface area contributed by atoms with Crippen LogP contribution in [0.4, 0.5) is 13.2 Å². The number of alkyl halides is 3. The number of carboxylic acids is 1. The fourth-order valence-electron chi connectivity index (χ4n) is 0.248. The van der Waals surface area contributed by atoms with E-state index in [0.29, 0.717) is 6.61 Å². The molecule has 1 unspecified atom stereocenters. The average Bonchev–Trinajstić information content (AvgIpc) is 2.00. The number of carboxylic acid groups (broad SMARTS) is 1. The smallest absolute Gasteiger partial charge is 0.475 e. The zero-order valence-electron chi connectivity index (χ0n) is 6.17. The third kappa shape index (κ3) is 4.31. The van der Waals surface area contributed by atoms with E-state index in [-0.39, 0.29) is 12.0 Å². The van der Waals surface area contributed by atoms with Crippen molar-refractivity contribution < 1.29 is 32.6 Å². The van der Waals surface area contributed by atoms with Gasteiger partial charge in [0.2, 0.25) is 0 Å². The van der Waals surface area contributed by atoms with Crippen LogP contribution in [0.15, 0.2) is 0 Å². The number of hydrogen-bond donors (Lipinski definition) is 2. The van der Waals surface area contributed by atoms with E-state index in [9.17, 15) is 18.0 Å². The molecule has 0 aliphatic carbocycles. The largest absolute Gasteiger partial charge is 0.490 e. The Balaban J connectivity index is 0.000000223. The summed E-state index contributed by atoms with van der Waals surface area (Å²) in [6.07, 6.45) is -5.08. The van der Waals surface area contributed by atoms with Gasteiger partial charge in [-0.3, -0.25) is 4.79 Å². The first-order valence-electron chi connectivity index (χ1n) is 2.97. The standard InChI is InChI=1S/C3H5NO2.C2HF3O2/c4-2-1-6-3(2)5;3-2(4,5)1(6)7/h2H,1,4H2;(H,6,7). The molecule has 1 rings (SSSR count). The SMILES string of the molecule is NC1COC1=O.O=C(O)C(F)(F)F. The molecule has 0 radical (unpaired) electrons. The lowest BCUT2D eigenvalue weighted by Gasteiger charge is -2.18. The van der Waals surface area contributed by atoms with Gasteiger partial charge in [-0.2, -0.15) is 13.2 Å². The minimum Gasteiger partial charge on any atom is -0.475 e. The third-order valence-electron chi connectivity index (χ3n) is 0.950. The Morgan fingerprint density at radius 2 is 1.92 bits per heavy atom. The molecule has 3 N–H and O–H groups in total. The van der Waals surface area contributed by atoms with Crippen LogP contribution in [-0.4, -0.2) is 35.9 Å². The topological polar surface area (TPSA) is 89.6 Å². The molecule has 0 spiro atoms. The predicted molar refractivity (Wildman–Crippen MR) is 32.6 cm³/mol. The van der Waals surface area contributed by atoms with Gasteiger partial charge in [0.1, 0.15) is 12.6 Å². The molecule has 0 bridgehead atoms. The molecule has 76 valence electrons. The molecule has 5 nitrogen and oxygen atoms in total. The van der Waals surface area contributed by atoms with E-state index in [1.807, 2.05) is 0 Å². The molecule has 1 saturated heterocycles. The van der Waals surface area contributed by atoms with Gasteiger partial charge in [0.25, 0.3) is 0 Å². The predicted octanol–water partition coefficient (Wildman–Crippen LogP) is -0.496. The number of halogens is 3. The van der Waals surface area contributed by atoms with Crippen LogP contribution in [0.2, 0.25) is 0 Å². The number of rotatable bonds is 0. The van der Waals surface area contributed by atoms with Crippen molar-refractivity contribution in [3.63, 3.8) is 0 Å². The first-order chi connectivity index (χ1) is 5.75. The van der Waals surface area contributed by atoms with Gasteiger partial charge >= 0.3 is 18.1 Å². The fraction of sp³-hybridized carbons (Fsp3) is 0.600. The van der Waals surface area contributed by atoms with Crippen LogP contribution >= 0.6 is 0 Å². The second-order valence-corrected chi connectivity index (χ2v) is 2.04. The van der Waals surface area contributed by atoms with Crippen molar-refractivity contribution >= 4 is 11.9 Å². The van der Waals surface area contributed by atoms with Gasteiger partial charge < -0.3 is 15.6 Å². The van der Waals surface area contributed by atoms with Crippen molar-refractivity contribution in [3.8, 4) is 0 Å². The van der Waals surface area contributed by atoms with Gasteiger partial charge in [0, 0.05) is 0 Å². The highest BCUT2D eigenvalue weighted by atomic mass is 19.4. The molecule has 0 amide bonds. The number of aliphatic carboxylic acids is 1. The first-order valence-corrected chi connectivity index (χ1v) is 2.97. The second kappa shape index (κ2) is 4.08. The molecule has 1 heterocycles. The Morgan fingerprint density at radius 1 is 1.62 bits per heavy atom. The Kier molecular flexibility index (Phi) is 3.67. The maximum absolute atomic E-state index is 10.6. The van der Waals surface area contributed by atoms with Crippen LogP contribution in [0.1, 0.15) is 0 Å². The summed E-state index contributed by atoms with van der Waals surface area (Å²) in [6.45, 7) is 0.402. The van der Waals surface area contributed by atoms with E-state index in [4.69, 9.17) is 15.6 Å². The lowest BCUT2D eigenvalue weighted by Crippen LogP contribution is -2.47. The third-order valence-corrected chi connectivity index (χ3v) is 0.950. The molecule has 1 fully saturated rings. The summed E-state index contributed by atoms with van der Waals surface area (Å²) in [4.78, 5) is 18.8. The summed E-state index contributed by atoms with van der Waals surface area (Å²) in [5.74, 6) is -3.04. The van der Waals surface area contributed by atoms with E-state index in [1.165, 1.54) is 0 Å². The van der Waals surface area contributed by atoms with Gasteiger partial charge in [0.15, 0.2) is 0 Å². The lowest BCUT2D eigenvalue weighted by atomic mass is 10.3. The van der Waals surface area contributed by atoms with Gasteiger partial charge in [-0.25, -0.2) is 4.79 Å². The van der Waals surface area contributed by atoms with Crippen molar-refractivity contribution in [2.45, 2.75) is 12.2 Å². The van der Waals surface area contributed by atoms with E-state index in [2.05, 4.69) is 4.74 Å². The zero-order chi connectivity index (χ0) is 10.6. The van der Waals surface area contributed by atoms with Crippen LogP contribution in [0.25, 0.3) is 0 Å². The van der Waals surface area contributed by atoms with Gasteiger partial charge in [-0.15, -0.1) is 0 Å². The molecule has 0 aromatic carbocycles. The lowest BCUT2D eigenvalue weighted by molar-refractivity contribution is -0.192. The summed E-state index contributed by atoms with van der Waals surface area (Å²) in [5, 5.41) is 7.12. The molecular formula is C5H6F3NO4. The second-order valence-electron chi connectivity index (χ2n) is 2.04. The van der Waals surface area contributed by atoms with E-state index >= 15 is 0 Å². The van der Waals surface area contributed by atoms with Crippen molar-refractivity contribution in [2.24, 2.45) is 5.73 Å². The Labute approximate surface area is 70.3 Å². The van der Waals surface area contributed by atoms with Gasteiger partial charge in [-0.1, -0.05) is 0 Å². The van der Waals surface area contributed by atoms with Crippen LogP contribution in [-0.2, 0) is 14.3 Å². The molecule has 0 aromatic heterocycles. The number of hydrogen-bond acceptors (Lipinski definition) is 4. The molecule has 0 aromatic rings. The van der Waals surface area contributed by atoms with Crippen LogP contribution in [0.3, 0.4) is 0 Å². The number of cyclic esters (lactones) is 1. The molecule has 13 heavy (non-hydrogen) atoms. The average molecular weight is 201 g/mol. The fourth-order valence-corrected chi connectivity index (χ4v) is 0.248. The number of carbonyl (C=O) groups is 2. The van der Waals surface area contributed by atoms with Crippen LogP contribution in [0, 0.1) is 0 Å². The van der Waals surface area contributed by atoms with Crippen molar-refractivity contribution in [1.82, 2.24) is 0 Å². The summed E-state index contributed by atoms with van der Waals surface area (Å²) in [5.41, 5.74) is 5.05.